The lowest BCUT2D eigenvalue weighted by atomic mass is 9.99. The first kappa shape index (κ1) is 12.4. The molecule has 1 aromatic rings. The van der Waals surface area contributed by atoms with E-state index < -0.39 is 0 Å². The predicted molar refractivity (Wildman–Crippen MR) is 77.9 cm³/mol. The van der Waals surface area contributed by atoms with E-state index in [9.17, 15) is 0 Å². The van der Waals surface area contributed by atoms with Gasteiger partial charge < -0.3 is 5.32 Å². The van der Waals surface area contributed by atoms with Crippen LogP contribution in [0.15, 0.2) is 16.9 Å². The first-order valence-electron chi connectivity index (χ1n) is 6.87. The van der Waals surface area contributed by atoms with Crippen molar-refractivity contribution >= 4 is 21.6 Å². The zero-order valence-electron chi connectivity index (χ0n) is 10.8. The van der Waals surface area contributed by atoms with Crippen LogP contribution in [-0.4, -0.2) is 35.1 Å². The van der Waals surface area contributed by atoms with Gasteiger partial charge in [0.25, 0.3) is 0 Å². The number of hydrogen-bond donors (Lipinski definition) is 1. The molecule has 0 radical (unpaired) electrons. The van der Waals surface area contributed by atoms with E-state index in [1.165, 1.54) is 44.3 Å². The highest BCUT2D eigenvalue weighted by molar-refractivity contribution is 9.10. The van der Waals surface area contributed by atoms with Gasteiger partial charge in [-0.15, -0.1) is 0 Å². The fourth-order valence-electron chi connectivity index (χ4n) is 3.27. The van der Waals surface area contributed by atoms with Gasteiger partial charge in [-0.05, 0) is 60.3 Å². The van der Waals surface area contributed by atoms with Crippen molar-refractivity contribution in [1.82, 2.24) is 9.88 Å². The summed E-state index contributed by atoms with van der Waals surface area (Å²) in [6.45, 7) is 4.63. The second-order valence-electron chi connectivity index (χ2n) is 5.47. The molecule has 3 nitrogen and oxygen atoms in total. The Bertz CT molecular complexity index is 435. The molecule has 18 heavy (non-hydrogen) atoms. The van der Waals surface area contributed by atoms with Gasteiger partial charge in [-0.25, -0.2) is 4.98 Å². The second-order valence-corrected chi connectivity index (χ2v) is 6.22. The Morgan fingerprint density at radius 1 is 1.33 bits per heavy atom. The number of hydrogen-bond acceptors (Lipinski definition) is 3. The highest BCUT2D eigenvalue weighted by atomic mass is 79.9. The molecule has 3 rings (SSSR count). The van der Waals surface area contributed by atoms with Crippen LogP contribution in [0.5, 0.6) is 0 Å². The molecular weight excluding hydrogens is 290 g/mol. The zero-order chi connectivity index (χ0) is 12.5. The predicted octanol–water partition coefficient (Wildman–Crippen LogP) is 3.19. The molecule has 2 unspecified atom stereocenters. The number of nitrogens with one attached hydrogen (secondary N) is 1. The third kappa shape index (κ3) is 2.41. The maximum atomic E-state index is 4.37. The molecule has 2 fully saturated rings. The smallest absolute Gasteiger partial charge is 0.109 e. The maximum Gasteiger partial charge on any atom is 0.109 e. The van der Waals surface area contributed by atoms with E-state index in [0.717, 1.165) is 16.3 Å². The molecular formula is C14H20BrN3. The third-order valence-corrected chi connectivity index (χ3v) is 5.05. The molecule has 0 bridgehead atoms. The Kier molecular flexibility index (Phi) is 3.57. The lowest BCUT2D eigenvalue weighted by molar-refractivity contribution is 0.193. The number of halogens is 1. The Balaban J connectivity index is 1.70. The fourth-order valence-corrected chi connectivity index (χ4v) is 3.48. The van der Waals surface area contributed by atoms with Crippen LogP contribution in [0.4, 0.5) is 5.69 Å². The Morgan fingerprint density at radius 2 is 2.22 bits per heavy atom. The number of piperidine rings is 1. The number of anilines is 1. The summed E-state index contributed by atoms with van der Waals surface area (Å²) < 4.78 is 0.943. The van der Waals surface area contributed by atoms with Crippen LogP contribution in [0.25, 0.3) is 0 Å². The second kappa shape index (κ2) is 5.17. The first-order valence-corrected chi connectivity index (χ1v) is 7.66. The quantitative estimate of drug-likeness (QED) is 0.850. The van der Waals surface area contributed by atoms with Crippen molar-refractivity contribution in [3.63, 3.8) is 0 Å². The van der Waals surface area contributed by atoms with E-state index >= 15 is 0 Å². The first-order chi connectivity index (χ1) is 8.74. The molecule has 0 aromatic carbocycles. The van der Waals surface area contributed by atoms with E-state index in [2.05, 4.69) is 44.1 Å². The molecule has 2 saturated heterocycles. The van der Waals surface area contributed by atoms with Gasteiger partial charge in [0.15, 0.2) is 0 Å². The summed E-state index contributed by atoms with van der Waals surface area (Å²) in [6.07, 6.45) is 7.31. The summed E-state index contributed by atoms with van der Waals surface area (Å²) in [5, 5.41) is 3.68. The minimum absolute atomic E-state index is 0.604. The van der Waals surface area contributed by atoms with Gasteiger partial charge in [0.1, 0.15) is 4.60 Å². The van der Waals surface area contributed by atoms with E-state index in [4.69, 9.17) is 0 Å². The molecule has 0 amide bonds. The van der Waals surface area contributed by atoms with Gasteiger partial charge >= 0.3 is 0 Å². The summed E-state index contributed by atoms with van der Waals surface area (Å²) in [7, 11) is 0. The van der Waals surface area contributed by atoms with E-state index in [0.29, 0.717) is 6.04 Å². The number of pyridine rings is 1. The number of aryl methyl sites for hydroxylation is 1. The maximum absolute atomic E-state index is 4.37. The number of fused-ring (bicyclic) bond motifs is 1. The van der Waals surface area contributed by atoms with Crippen LogP contribution in [0.2, 0.25) is 0 Å². The van der Waals surface area contributed by atoms with Gasteiger partial charge in [0, 0.05) is 18.6 Å². The molecule has 1 N–H and O–H groups in total. The minimum atomic E-state index is 0.604. The van der Waals surface area contributed by atoms with Crippen LogP contribution in [0, 0.1) is 6.92 Å². The van der Waals surface area contributed by atoms with Crippen LogP contribution < -0.4 is 5.32 Å². The van der Waals surface area contributed by atoms with Crippen LogP contribution >= 0.6 is 15.9 Å². The fraction of sp³-hybridized carbons (Fsp3) is 0.643. The molecule has 2 aliphatic heterocycles. The molecule has 2 atom stereocenters. The van der Waals surface area contributed by atoms with Crippen LogP contribution in [0.1, 0.15) is 31.2 Å². The van der Waals surface area contributed by atoms with Crippen molar-refractivity contribution in [2.45, 2.75) is 44.7 Å². The monoisotopic (exact) mass is 309 g/mol. The van der Waals surface area contributed by atoms with Crippen LogP contribution in [-0.2, 0) is 0 Å². The normalized spacial score (nSPS) is 28.1. The van der Waals surface area contributed by atoms with Gasteiger partial charge in [-0.1, -0.05) is 6.42 Å². The lowest BCUT2D eigenvalue weighted by Gasteiger charge is -2.32. The Hall–Kier alpha value is -0.610. The van der Waals surface area contributed by atoms with Gasteiger partial charge in [0.05, 0.1) is 11.9 Å². The van der Waals surface area contributed by atoms with Crippen molar-refractivity contribution in [1.29, 1.82) is 0 Å². The topological polar surface area (TPSA) is 28.2 Å². The zero-order valence-corrected chi connectivity index (χ0v) is 12.4. The molecule has 1 aromatic heterocycles. The van der Waals surface area contributed by atoms with E-state index in [-0.39, 0.29) is 0 Å². The highest BCUT2D eigenvalue weighted by Crippen LogP contribution is 2.29. The van der Waals surface area contributed by atoms with Gasteiger partial charge in [-0.3, -0.25) is 4.90 Å². The molecule has 0 aliphatic carbocycles. The molecule has 0 spiro atoms. The van der Waals surface area contributed by atoms with Gasteiger partial charge in [0.2, 0.25) is 0 Å². The van der Waals surface area contributed by atoms with E-state index in [1.807, 2.05) is 6.20 Å². The Morgan fingerprint density at radius 3 is 3.06 bits per heavy atom. The summed E-state index contributed by atoms with van der Waals surface area (Å²) in [6, 6.07) is 3.53. The van der Waals surface area contributed by atoms with Gasteiger partial charge in [-0.2, -0.15) is 0 Å². The standard InChI is InChI=1S/C14H20BrN3/c1-10-8-11(9-16-14(10)15)17-12-5-7-18-6-3-2-4-13(12)18/h8-9,12-13,17H,2-7H2,1H3. The largest absolute Gasteiger partial charge is 0.379 e. The third-order valence-electron chi connectivity index (χ3n) is 4.22. The average Bonchev–Trinajstić information content (AvgIpc) is 2.78. The highest BCUT2D eigenvalue weighted by Gasteiger charge is 2.35. The molecule has 0 saturated carbocycles. The summed E-state index contributed by atoms with van der Waals surface area (Å²) >= 11 is 3.45. The van der Waals surface area contributed by atoms with Crippen molar-refractivity contribution in [2.75, 3.05) is 18.4 Å². The average molecular weight is 310 g/mol. The van der Waals surface area contributed by atoms with Crippen molar-refractivity contribution in [3.8, 4) is 0 Å². The SMILES string of the molecule is Cc1cc(NC2CCN3CCCCC23)cnc1Br. The number of rotatable bonds is 2. The van der Waals surface area contributed by atoms with Crippen LogP contribution in [0.3, 0.4) is 0 Å². The lowest BCUT2D eigenvalue weighted by Crippen LogP contribution is -2.41. The van der Waals surface area contributed by atoms with Crippen molar-refractivity contribution < 1.29 is 0 Å². The summed E-state index contributed by atoms with van der Waals surface area (Å²) in [5.41, 5.74) is 2.35. The molecule has 4 heteroatoms. The van der Waals surface area contributed by atoms with Crippen molar-refractivity contribution in [3.05, 3.63) is 22.4 Å². The summed E-state index contributed by atoms with van der Waals surface area (Å²) in [5.74, 6) is 0. The van der Waals surface area contributed by atoms with E-state index in [1.54, 1.807) is 0 Å². The minimum Gasteiger partial charge on any atom is -0.379 e. The number of aromatic nitrogens is 1. The summed E-state index contributed by atoms with van der Waals surface area (Å²) in [4.78, 5) is 7.02. The molecule has 3 heterocycles. The molecule has 2 aliphatic rings. The number of nitrogens with zero attached hydrogens (tertiary/aromatic N) is 2. The molecule has 98 valence electrons. The van der Waals surface area contributed by atoms with Crippen molar-refractivity contribution in [2.24, 2.45) is 0 Å². The Labute approximate surface area is 117 Å².